The second-order valence-electron chi connectivity index (χ2n) is 4.59. The molecule has 0 aliphatic rings. The Morgan fingerprint density at radius 1 is 1.38 bits per heavy atom. The van der Waals surface area contributed by atoms with Crippen molar-refractivity contribution in [2.75, 3.05) is 0 Å². The molecule has 1 unspecified atom stereocenters. The molecular formula is C13H17FO2. The number of hydrogen-bond acceptors (Lipinski definition) is 1. The number of hydrogen-bond donors (Lipinski definition) is 1. The summed E-state index contributed by atoms with van der Waals surface area (Å²) in [4.78, 5) is 10.5. The van der Waals surface area contributed by atoms with Crippen LogP contribution in [0.25, 0.3) is 0 Å². The van der Waals surface area contributed by atoms with Crippen LogP contribution in [-0.2, 0) is 10.5 Å². The van der Waals surface area contributed by atoms with Crippen molar-refractivity contribution in [3.8, 4) is 0 Å². The van der Waals surface area contributed by atoms with E-state index in [9.17, 15) is 9.18 Å². The van der Waals surface area contributed by atoms with Crippen molar-refractivity contribution in [2.24, 2.45) is 0 Å². The predicted molar refractivity (Wildman–Crippen MR) is 61.2 cm³/mol. The molecule has 1 N–H and O–H groups in total. The van der Waals surface area contributed by atoms with Crippen LogP contribution in [-0.4, -0.2) is 11.1 Å². The zero-order valence-corrected chi connectivity index (χ0v) is 9.83. The minimum Gasteiger partial charge on any atom is -0.481 e. The van der Waals surface area contributed by atoms with E-state index < -0.39 is 11.6 Å². The highest BCUT2D eigenvalue weighted by molar-refractivity contribution is 5.67. The normalized spacial score (nSPS) is 13.5. The SMILES string of the molecule is CC(CC(=O)O)c1ccc(C(C)(C)F)cc1. The van der Waals surface area contributed by atoms with Crippen molar-refractivity contribution in [1.29, 1.82) is 0 Å². The second kappa shape index (κ2) is 4.64. The maximum Gasteiger partial charge on any atom is 0.303 e. The molecule has 0 spiro atoms. The molecule has 1 atom stereocenters. The third kappa shape index (κ3) is 3.33. The zero-order chi connectivity index (χ0) is 12.3. The summed E-state index contributed by atoms with van der Waals surface area (Å²) in [6, 6.07) is 7.02. The highest BCUT2D eigenvalue weighted by atomic mass is 19.1. The number of halogens is 1. The Balaban J connectivity index is 2.83. The molecule has 3 heteroatoms. The lowest BCUT2D eigenvalue weighted by Crippen LogP contribution is -2.09. The standard InChI is InChI=1S/C13H17FO2/c1-9(8-12(15)16)10-4-6-11(7-5-10)13(2,3)14/h4-7,9H,8H2,1-3H3,(H,15,16). The minimum absolute atomic E-state index is 0.0470. The molecule has 0 aliphatic heterocycles. The summed E-state index contributed by atoms with van der Waals surface area (Å²) < 4.78 is 13.6. The van der Waals surface area contributed by atoms with E-state index in [4.69, 9.17) is 5.11 Å². The summed E-state index contributed by atoms with van der Waals surface area (Å²) in [6.07, 6.45) is 0.0956. The molecule has 0 aromatic heterocycles. The minimum atomic E-state index is -1.35. The zero-order valence-electron chi connectivity index (χ0n) is 9.83. The van der Waals surface area contributed by atoms with Crippen LogP contribution < -0.4 is 0 Å². The van der Waals surface area contributed by atoms with Gasteiger partial charge < -0.3 is 5.11 Å². The first-order chi connectivity index (χ1) is 7.30. The molecule has 0 saturated carbocycles. The smallest absolute Gasteiger partial charge is 0.303 e. The van der Waals surface area contributed by atoms with Crippen LogP contribution in [0.2, 0.25) is 0 Å². The average Bonchev–Trinajstić information content (AvgIpc) is 2.15. The second-order valence-corrected chi connectivity index (χ2v) is 4.59. The molecule has 1 rings (SSSR count). The van der Waals surface area contributed by atoms with Crippen LogP contribution in [0.3, 0.4) is 0 Å². The van der Waals surface area contributed by atoms with Crippen molar-refractivity contribution in [2.45, 2.75) is 38.8 Å². The Morgan fingerprint density at radius 2 is 1.88 bits per heavy atom. The molecule has 0 bridgehead atoms. The molecule has 0 fully saturated rings. The van der Waals surface area contributed by atoms with Gasteiger partial charge in [-0.25, -0.2) is 4.39 Å². The average molecular weight is 224 g/mol. The molecule has 1 aromatic rings. The van der Waals surface area contributed by atoms with Gasteiger partial charge in [0.05, 0.1) is 6.42 Å². The summed E-state index contributed by atoms with van der Waals surface area (Å²) in [7, 11) is 0. The van der Waals surface area contributed by atoms with Crippen LogP contribution in [0.15, 0.2) is 24.3 Å². The molecule has 2 nitrogen and oxygen atoms in total. The van der Waals surface area contributed by atoms with Crippen LogP contribution in [0.1, 0.15) is 44.2 Å². The summed E-state index contributed by atoms with van der Waals surface area (Å²) >= 11 is 0. The predicted octanol–water partition coefficient (Wildman–Crippen LogP) is 3.47. The van der Waals surface area contributed by atoms with Crippen molar-refractivity contribution < 1.29 is 14.3 Å². The highest BCUT2D eigenvalue weighted by Gasteiger charge is 2.18. The van der Waals surface area contributed by atoms with Gasteiger partial charge >= 0.3 is 5.97 Å². The lowest BCUT2D eigenvalue weighted by molar-refractivity contribution is -0.137. The van der Waals surface area contributed by atoms with Crippen LogP contribution in [0.4, 0.5) is 4.39 Å². The van der Waals surface area contributed by atoms with Gasteiger partial charge in [0.1, 0.15) is 5.67 Å². The van der Waals surface area contributed by atoms with Gasteiger partial charge in [0.25, 0.3) is 0 Å². The number of alkyl halides is 1. The monoisotopic (exact) mass is 224 g/mol. The van der Waals surface area contributed by atoms with Crippen molar-refractivity contribution in [3.63, 3.8) is 0 Å². The molecule has 0 aliphatic carbocycles. The summed E-state index contributed by atoms with van der Waals surface area (Å²) in [6.45, 7) is 4.86. The molecule has 0 saturated heterocycles. The molecule has 0 amide bonds. The van der Waals surface area contributed by atoms with E-state index in [1.807, 2.05) is 6.92 Å². The van der Waals surface area contributed by atoms with Gasteiger partial charge in [-0.2, -0.15) is 0 Å². The fourth-order valence-corrected chi connectivity index (χ4v) is 1.59. The fourth-order valence-electron chi connectivity index (χ4n) is 1.59. The van der Waals surface area contributed by atoms with Gasteiger partial charge in [0.15, 0.2) is 0 Å². The topological polar surface area (TPSA) is 37.3 Å². The lowest BCUT2D eigenvalue weighted by Gasteiger charge is -2.16. The van der Waals surface area contributed by atoms with E-state index in [0.717, 1.165) is 5.56 Å². The molecule has 0 radical (unpaired) electrons. The first kappa shape index (κ1) is 12.7. The van der Waals surface area contributed by atoms with Gasteiger partial charge in [-0.15, -0.1) is 0 Å². The van der Waals surface area contributed by atoms with E-state index in [1.165, 1.54) is 13.8 Å². The van der Waals surface area contributed by atoms with Crippen molar-refractivity contribution in [3.05, 3.63) is 35.4 Å². The Bertz CT molecular complexity index is 363. The summed E-state index contributed by atoms with van der Waals surface area (Å²) in [5, 5.41) is 8.67. The number of benzene rings is 1. The van der Waals surface area contributed by atoms with E-state index in [1.54, 1.807) is 24.3 Å². The third-order valence-corrected chi connectivity index (χ3v) is 2.65. The number of rotatable bonds is 4. The molecule has 16 heavy (non-hydrogen) atoms. The van der Waals surface area contributed by atoms with E-state index in [0.29, 0.717) is 5.56 Å². The molecule has 88 valence electrons. The van der Waals surface area contributed by atoms with Gasteiger partial charge in [-0.3, -0.25) is 4.79 Å². The maximum absolute atomic E-state index is 13.6. The summed E-state index contributed by atoms with van der Waals surface area (Å²) in [5.74, 6) is -0.864. The Kier molecular flexibility index (Phi) is 3.68. The number of aliphatic carboxylic acids is 1. The van der Waals surface area contributed by atoms with Crippen molar-refractivity contribution >= 4 is 5.97 Å². The van der Waals surface area contributed by atoms with Gasteiger partial charge in [0, 0.05) is 0 Å². The lowest BCUT2D eigenvalue weighted by atomic mass is 9.93. The Morgan fingerprint density at radius 3 is 2.25 bits per heavy atom. The van der Waals surface area contributed by atoms with Crippen LogP contribution in [0.5, 0.6) is 0 Å². The molecule has 0 heterocycles. The van der Waals surface area contributed by atoms with Gasteiger partial charge in [-0.05, 0) is 30.9 Å². The molecule has 1 aromatic carbocycles. The fraction of sp³-hybridized carbons (Fsp3) is 0.462. The number of carbonyl (C=O) groups is 1. The first-order valence-electron chi connectivity index (χ1n) is 5.32. The van der Waals surface area contributed by atoms with E-state index >= 15 is 0 Å². The van der Waals surface area contributed by atoms with Crippen LogP contribution in [0, 0.1) is 0 Å². The van der Waals surface area contributed by atoms with E-state index in [-0.39, 0.29) is 12.3 Å². The highest BCUT2D eigenvalue weighted by Crippen LogP contribution is 2.27. The summed E-state index contributed by atoms with van der Waals surface area (Å²) in [5.41, 5.74) is 0.184. The van der Waals surface area contributed by atoms with Crippen LogP contribution >= 0.6 is 0 Å². The van der Waals surface area contributed by atoms with Crippen molar-refractivity contribution in [1.82, 2.24) is 0 Å². The van der Waals surface area contributed by atoms with Gasteiger partial charge in [-0.1, -0.05) is 31.2 Å². The Hall–Kier alpha value is -1.38. The molecular weight excluding hydrogens is 207 g/mol. The maximum atomic E-state index is 13.6. The quantitative estimate of drug-likeness (QED) is 0.850. The van der Waals surface area contributed by atoms with E-state index in [2.05, 4.69) is 0 Å². The largest absolute Gasteiger partial charge is 0.481 e. The number of carboxylic acids is 1. The first-order valence-corrected chi connectivity index (χ1v) is 5.32. The number of carboxylic acid groups (broad SMARTS) is 1. The van der Waals surface area contributed by atoms with Gasteiger partial charge in [0.2, 0.25) is 0 Å². The Labute approximate surface area is 95.1 Å². The third-order valence-electron chi connectivity index (χ3n) is 2.65.